The smallest absolute Gasteiger partial charge is 0.356 e. The molecule has 1 fully saturated rings. The molecule has 3 amide bonds. The third kappa shape index (κ3) is 6.81. The molecule has 4 heterocycles. The van der Waals surface area contributed by atoms with Crippen molar-refractivity contribution < 1.29 is 23.9 Å². The van der Waals surface area contributed by atoms with Gasteiger partial charge in [-0.1, -0.05) is 95.4 Å². The van der Waals surface area contributed by atoms with Gasteiger partial charge >= 0.3 is 5.97 Å². The Hall–Kier alpha value is -4.51. The predicted molar refractivity (Wildman–Crippen MR) is 178 cm³/mol. The number of amides is 3. The van der Waals surface area contributed by atoms with Crippen LogP contribution in [0.15, 0.2) is 88.8 Å². The number of aromatic nitrogens is 5. The number of nitrogens with one attached hydrogen (secondary N) is 2. The zero-order valence-electron chi connectivity index (χ0n) is 24.5. The highest BCUT2D eigenvalue weighted by Gasteiger charge is 2.54. The number of esters is 1. The first-order valence-electron chi connectivity index (χ1n) is 14.0. The van der Waals surface area contributed by atoms with Gasteiger partial charge in [-0.25, -0.2) is 14.5 Å². The molecule has 1 unspecified atom stereocenters. The molecule has 2 aliphatic rings. The average molecular weight is 709 g/mol. The molecule has 2 atom stereocenters. The lowest BCUT2D eigenvalue weighted by Crippen LogP contribution is -2.70. The molecule has 240 valence electrons. The molecule has 2 aliphatic heterocycles. The molecule has 0 radical (unpaired) electrons. The largest absolute Gasteiger partial charge is 0.448 e. The van der Waals surface area contributed by atoms with Gasteiger partial charge in [0.1, 0.15) is 17.1 Å². The van der Waals surface area contributed by atoms with Crippen molar-refractivity contribution in [2.24, 2.45) is 7.05 Å². The Morgan fingerprint density at radius 1 is 1.15 bits per heavy atom. The van der Waals surface area contributed by atoms with E-state index in [0.29, 0.717) is 33.5 Å². The lowest BCUT2D eigenvalue weighted by molar-refractivity contribution is -0.154. The van der Waals surface area contributed by atoms with Crippen molar-refractivity contribution >= 4 is 81.4 Å². The van der Waals surface area contributed by atoms with Gasteiger partial charge in [0.15, 0.2) is 11.2 Å². The number of hydrogen-bond acceptors (Lipinski definition) is 12. The number of ether oxygens (including phenoxy) is 1. The van der Waals surface area contributed by atoms with Crippen molar-refractivity contribution in [2.75, 3.05) is 16.8 Å². The van der Waals surface area contributed by atoms with Crippen LogP contribution in [0.3, 0.4) is 0 Å². The van der Waals surface area contributed by atoms with E-state index in [2.05, 4.69) is 31.1 Å². The monoisotopic (exact) mass is 708 g/mol. The normalized spacial score (nSPS) is 17.6. The van der Waals surface area contributed by atoms with Gasteiger partial charge < -0.3 is 15.4 Å². The number of tetrazole rings is 1. The molecular formula is C30H25ClN8O5S3. The Labute approximate surface area is 285 Å². The third-order valence-electron chi connectivity index (χ3n) is 7.22. The molecule has 2 aromatic carbocycles. The van der Waals surface area contributed by atoms with Crippen LogP contribution in [-0.2, 0) is 31.0 Å². The van der Waals surface area contributed by atoms with E-state index in [0.717, 1.165) is 28.0 Å². The number of carbonyl (C=O) groups is 4. The number of carbonyl (C=O) groups excluding carboxylic acids is 4. The van der Waals surface area contributed by atoms with Crippen molar-refractivity contribution in [1.82, 2.24) is 35.4 Å². The second-order valence-electron chi connectivity index (χ2n) is 10.1. The number of anilines is 1. The maximum atomic E-state index is 14.2. The zero-order valence-corrected chi connectivity index (χ0v) is 27.7. The van der Waals surface area contributed by atoms with E-state index in [1.165, 1.54) is 39.3 Å². The molecular weight excluding hydrogens is 684 g/mol. The third-order valence-corrected chi connectivity index (χ3v) is 10.8. The van der Waals surface area contributed by atoms with E-state index in [4.69, 9.17) is 16.3 Å². The van der Waals surface area contributed by atoms with Gasteiger partial charge in [0, 0.05) is 30.3 Å². The summed E-state index contributed by atoms with van der Waals surface area (Å²) in [7, 11) is 1.71. The minimum atomic E-state index is -0.932. The van der Waals surface area contributed by atoms with E-state index in [9.17, 15) is 19.2 Å². The number of thioether (sulfide) groups is 2. The first-order valence-corrected chi connectivity index (χ1v) is 17.3. The molecule has 2 N–H and O–H groups in total. The fourth-order valence-electron chi connectivity index (χ4n) is 4.97. The van der Waals surface area contributed by atoms with Crippen molar-refractivity contribution in [1.29, 1.82) is 0 Å². The van der Waals surface area contributed by atoms with Crippen LogP contribution in [0.25, 0.3) is 5.57 Å². The molecule has 13 nitrogen and oxygen atoms in total. The summed E-state index contributed by atoms with van der Waals surface area (Å²) in [5.41, 5.74) is 3.51. The number of benzene rings is 2. The minimum absolute atomic E-state index is 0.0771. The first kappa shape index (κ1) is 32.4. The molecule has 1 saturated heterocycles. The maximum Gasteiger partial charge on any atom is 0.356 e. The summed E-state index contributed by atoms with van der Waals surface area (Å²) in [5, 5.41) is 17.0. The molecule has 0 spiro atoms. The molecule has 47 heavy (non-hydrogen) atoms. The Balaban J connectivity index is 1.27. The van der Waals surface area contributed by atoms with Crippen LogP contribution in [0.1, 0.15) is 22.1 Å². The topological polar surface area (TPSA) is 161 Å². The SMILES string of the molecule is Cn1nnnc1SCC1=C(C(=O)OC(c2ccccc2)c2ccccc2)N2C(=O)C(NC(=O)C(=CCl)c3cnc(NC=O)s3)[C@H]2SC1. The summed E-state index contributed by atoms with van der Waals surface area (Å²) in [4.78, 5) is 57.8. The summed E-state index contributed by atoms with van der Waals surface area (Å²) < 4.78 is 7.72. The highest BCUT2D eigenvalue weighted by atomic mass is 35.5. The second kappa shape index (κ2) is 14.5. The molecule has 2 aromatic heterocycles. The van der Waals surface area contributed by atoms with Crippen molar-refractivity contribution in [2.45, 2.75) is 22.7 Å². The number of fused-ring (bicyclic) bond motifs is 1. The minimum Gasteiger partial charge on any atom is -0.448 e. The van der Waals surface area contributed by atoms with Gasteiger partial charge in [-0.05, 0) is 27.1 Å². The summed E-state index contributed by atoms with van der Waals surface area (Å²) in [6.07, 6.45) is 1.14. The lowest BCUT2D eigenvalue weighted by atomic mass is 10.0. The van der Waals surface area contributed by atoms with Crippen LogP contribution >= 0.6 is 46.5 Å². The number of β-lactam (4-membered cyclic amide) rings is 1. The molecule has 0 aliphatic carbocycles. The van der Waals surface area contributed by atoms with Crippen LogP contribution in [0.5, 0.6) is 0 Å². The van der Waals surface area contributed by atoms with E-state index in [1.54, 1.807) is 7.05 Å². The van der Waals surface area contributed by atoms with Crippen molar-refractivity contribution in [3.63, 3.8) is 0 Å². The van der Waals surface area contributed by atoms with Crippen LogP contribution in [0.4, 0.5) is 5.13 Å². The summed E-state index contributed by atoms with van der Waals surface area (Å²) in [6, 6.07) is 17.8. The van der Waals surface area contributed by atoms with Crippen LogP contribution in [0, 0.1) is 0 Å². The Morgan fingerprint density at radius 3 is 2.47 bits per heavy atom. The highest BCUT2D eigenvalue weighted by molar-refractivity contribution is 8.01. The molecule has 0 bridgehead atoms. The number of hydrogen-bond donors (Lipinski definition) is 2. The molecule has 6 rings (SSSR count). The van der Waals surface area contributed by atoms with Crippen molar-refractivity contribution in [3.05, 3.63) is 99.7 Å². The second-order valence-corrected chi connectivity index (χ2v) is 13.4. The Morgan fingerprint density at radius 2 is 1.85 bits per heavy atom. The van der Waals surface area contributed by atoms with E-state index < -0.39 is 35.3 Å². The standard InChI is InChI=1S/C30H25ClN8O5S3/c1-38-30(35-36-37-38)46-15-19-14-45-27-22(34-25(41)20(12-31)21-13-32-29(47-21)33-16-40)26(42)39(27)23(19)28(43)44-24(17-8-4-2-5-9-17)18-10-6-3-7-11-18/h2-13,16,22,24,27H,14-15H2,1H3,(H,34,41)(H,32,33,40)/t22?,27-/m1/s1. The van der Waals surface area contributed by atoms with E-state index >= 15 is 0 Å². The Kier molecular flexibility index (Phi) is 10.0. The average Bonchev–Trinajstić information content (AvgIpc) is 3.74. The van der Waals surface area contributed by atoms with E-state index in [-0.39, 0.29) is 16.4 Å². The number of nitrogens with zero attached hydrogens (tertiary/aromatic N) is 6. The quantitative estimate of drug-likeness (QED) is 0.0728. The fraction of sp³-hybridized carbons (Fsp3) is 0.200. The molecule has 17 heteroatoms. The number of aryl methyl sites for hydroxylation is 1. The first-order chi connectivity index (χ1) is 22.9. The highest BCUT2D eigenvalue weighted by Crippen LogP contribution is 2.43. The molecule has 4 aromatic rings. The molecule has 0 saturated carbocycles. The number of rotatable bonds is 12. The number of thiazole rings is 1. The number of halogens is 1. The summed E-state index contributed by atoms with van der Waals surface area (Å²) in [5.74, 6) is -1.03. The van der Waals surface area contributed by atoms with Gasteiger partial charge in [-0.15, -0.1) is 16.9 Å². The van der Waals surface area contributed by atoms with Gasteiger partial charge in [-0.3, -0.25) is 19.3 Å². The Bertz CT molecular complexity index is 1830. The van der Waals surface area contributed by atoms with Crippen LogP contribution in [0.2, 0.25) is 0 Å². The van der Waals surface area contributed by atoms with E-state index in [1.807, 2.05) is 60.7 Å². The summed E-state index contributed by atoms with van der Waals surface area (Å²) >= 11 is 9.80. The van der Waals surface area contributed by atoms with Gasteiger partial charge in [0.2, 0.25) is 11.6 Å². The predicted octanol–water partition coefficient (Wildman–Crippen LogP) is 3.59. The van der Waals surface area contributed by atoms with Gasteiger partial charge in [-0.2, -0.15) is 0 Å². The van der Waals surface area contributed by atoms with Crippen LogP contribution < -0.4 is 10.6 Å². The summed E-state index contributed by atoms with van der Waals surface area (Å²) in [6.45, 7) is 0. The fourth-order valence-corrected chi connectivity index (χ4v) is 8.38. The van der Waals surface area contributed by atoms with Gasteiger partial charge in [0.05, 0.1) is 10.5 Å². The van der Waals surface area contributed by atoms with Gasteiger partial charge in [0.25, 0.3) is 11.8 Å². The lowest BCUT2D eigenvalue weighted by Gasteiger charge is -2.49. The van der Waals surface area contributed by atoms with Crippen LogP contribution in [-0.4, -0.2) is 77.2 Å². The van der Waals surface area contributed by atoms with Crippen molar-refractivity contribution in [3.8, 4) is 0 Å². The zero-order chi connectivity index (χ0) is 32.9. The maximum absolute atomic E-state index is 14.2.